The van der Waals surface area contributed by atoms with Crippen molar-refractivity contribution in [1.82, 2.24) is 4.31 Å². The van der Waals surface area contributed by atoms with E-state index < -0.39 is 14.9 Å². The first-order valence-corrected chi connectivity index (χ1v) is 7.60. The molecule has 0 spiro atoms. The summed E-state index contributed by atoms with van der Waals surface area (Å²) in [4.78, 5) is 10.6. The van der Waals surface area contributed by atoms with Gasteiger partial charge in [0.15, 0.2) is 0 Å². The Morgan fingerprint density at radius 2 is 1.62 bits per heavy atom. The fraction of sp³-hybridized carbons (Fsp3) is 0.143. The number of hydrogen-bond acceptors (Lipinski definition) is 4. The predicted molar refractivity (Wildman–Crippen MR) is 78.2 cm³/mol. The molecule has 0 radical (unpaired) electrons. The monoisotopic (exact) mass is 306 g/mol. The number of para-hydroxylation sites is 1. The van der Waals surface area contributed by atoms with Gasteiger partial charge in [0, 0.05) is 25.2 Å². The van der Waals surface area contributed by atoms with E-state index in [0.717, 1.165) is 4.31 Å². The second kappa shape index (κ2) is 6.02. The molecule has 0 unspecified atom stereocenters. The fourth-order valence-corrected chi connectivity index (χ4v) is 3.09. The van der Waals surface area contributed by atoms with Gasteiger partial charge in [-0.05, 0) is 12.1 Å². The Labute approximate surface area is 122 Å². The zero-order valence-corrected chi connectivity index (χ0v) is 12.2. The minimum Gasteiger partial charge on any atom is -0.258 e. The molecule has 0 aliphatic rings. The SMILES string of the molecule is CN(Cc1ccccc1[N+](=O)[O-])S(=O)(=O)c1ccccc1. The maximum Gasteiger partial charge on any atom is 0.273 e. The van der Waals surface area contributed by atoms with E-state index in [-0.39, 0.29) is 17.1 Å². The molecule has 6 nitrogen and oxygen atoms in total. The Hall–Kier alpha value is -2.25. The number of nitro benzene ring substituents is 1. The normalized spacial score (nSPS) is 11.5. The first-order valence-electron chi connectivity index (χ1n) is 6.16. The summed E-state index contributed by atoms with van der Waals surface area (Å²) in [5, 5.41) is 11.0. The van der Waals surface area contributed by atoms with E-state index in [1.807, 2.05) is 0 Å². The highest BCUT2D eigenvalue weighted by Gasteiger charge is 2.23. The molecule has 0 saturated heterocycles. The molecule has 0 fully saturated rings. The van der Waals surface area contributed by atoms with Gasteiger partial charge in [-0.2, -0.15) is 4.31 Å². The van der Waals surface area contributed by atoms with Crippen LogP contribution in [0.2, 0.25) is 0 Å². The van der Waals surface area contributed by atoms with Crippen molar-refractivity contribution in [3.63, 3.8) is 0 Å². The molecule has 2 aromatic carbocycles. The van der Waals surface area contributed by atoms with Crippen molar-refractivity contribution >= 4 is 15.7 Å². The first-order chi connectivity index (χ1) is 9.93. The third-order valence-corrected chi connectivity index (χ3v) is 4.85. The number of sulfonamides is 1. The Bertz CT molecular complexity index is 745. The molecule has 0 N–H and O–H groups in total. The average Bonchev–Trinajstić information content (AvgIpc) is 2.48. The lowest BCUT2D eigenvalue weighted by atomic mass is 10.2. The van der Waals surface area contributed by atoms with Gasteiger partial charge in [0.25, 0.3) is 5.69 Å². The Kier molecular flexibility index (Phi) is 4.35. The minimum absolute atomic E-state index is 0.0611. The summed E-state index contributed by atoms with van der Waals surface area (Å²) in [6.07, 6.45) is 0. The lowest BCUT2D eigenvalue weighted by Crippen LogP contribution is -2.26. The fourth-order valence-electron chi connectivity index (χ4n) is 1.92. The van der Waals surface area contributed by atoms with Crippen molar-refractivity contribution < 1.29 is 13.3 Å². The summed E-state index contributed by atoms with van der Waals surface area (Å²) in [5.74, 6) is 0. The third-order valence-electron chi connectivity index (χ3n) is 3.03. The van der Waals surface area contributed by atoms with E-state index in [4.69, 9.17) is 0 Å². The van der Waals surface area contributed by atoms with Crippen LogP contribution in [0.1, 0.15) is 5.56 Å². The number of benzene rings is 2. The molecule has 2 rings (SSSR count). The zero-order valence-electron chi connectivity index (χ0n) is 11.3. The molecule has 0 aromatic heterocycles. The molecule has 0 saturated carbocycles. The van der Waals surface area contributed by atoms with Crippen LogP contribution in [0.4, 0.5) is 5.69 Å². The van der Waals surface area contributed by atoms with E-state index in [0.29, 0.717) is 5.56 Å². The van der Waals surface area contributed by atoms with Crippen LogP contribution in [0.15, 0.2) is 59.5 Å². The van der Waals surface area contributed by atoms with Crippen LogP contribution in [0.5, 0.6) is 0 Å². The van der Waals surface area contributed by atoms with Crippen molar-refractivity contribution in [3.8, 4) is 0 Å². The number of nitro groups is 1. The van der Waals surface area contributed by atoms with Crippen LogP contribution in [-0.2, 0) is 16.6 Å². The first kappa shape index (κ1) is 15.1. The lowest BCUT2D eigenvalue weighted by molar-refractivity contribution is -0.385. The molecule has 0 aliphatic carbocycles. The standard InChI is InChI=1S/C14H14N2O4S/c1-15(21(19,20)13-8-3-2-4-9-13)11-12-7-5-6-10-14(12)16(17)18/h2-10H,11H2,1H3. The second-order valence-electron chi connectivity index (χ2n) is 4.46. The van der Waals surface area contributed by atoms with Crippen molar-refractivity contribution in [2.75, 3.05) is 7.05 Å². The van der Waals surface area contributed by atoms with Crippen LogP contribution >= 0.6 is 0 Å². The van der Waals surface area contributed by atoms with E-state index >= 15 is 0 Å². The van der Waals surface area contributed by atoms with E-state index in [1.54, 1.807) is 36.4 Å². The number of hydrogen-bond donors (Lipinski definition) is 0. The van der Waals surface area contributed by atoms with Crippen molar-refractivity contribution in [2.24, 2.45) is 0 Å². The summed E-state index contributed by atoms with van der Waals surface area (Å²) in [5.41, 5.74) is 0.261. The van der Waals surface area contributed by atoms with Gasteiger partial charge in [0.2, 0.25) is 10.0 Å². The van der Waals surface area contributed by atoms with Crippen LogP contribution < -0.4 is 0 Å². The highest BCUT2D eigenvalue weighted by Crippen LogP contribution is 2.22. The quantitative estimate of drug-likeness (QED) is 0.627. The molecule has 0 amide bonds. The molecule has 110 valence electrons. The van der Waals surface area contributed by atoms with Crippen molar-refractivity contribution in [3.05, 3.63) is 70.3 Å². The Morgan fingerprint density at radius 1 is 1.05 bits per heavy atom. The number of nitrogens with zero attached hydrogens (tertiary/aromatic N) is 2. The van der Waals surface area contributed by atoms with Gasteiger partial charge in [0.1, 0.15) is 0 Å². The minimum atomic E-state index is -3.67. The molecular formula is C14H14N2O4S. The summed E-state index contributed by atoms with van der Waals surface area (Å²) >= 11 is 0. The highest BCUT2D eigenvalue weighted by atomic mass is 32.2. The smallest absolute Gasteiger partial charge is 0.258 e. The zero-order chi connectivity index (χ0) is 15.5. The summed E-state index contributed by atoms with van der Waals surface area (Å²) in [6, 6.07) is 14.1. The maximum atomic E-state index is 12.4. The van der Waals surface area contributed by atoms with Gasteiger partial charge in [-0.3, -0.25) is 10.1 Å². The van der Waals surface area contributed by atoms with Crippen LogP contribution in [0, 0.1) is 10.1 Å². The Balaban J connectivity index is 2.31. The summed E-state index contributed by atoms with van der Waals surface area (Å²) in [7, 11) is -2.27. The van der Waals surface area contributed by atoms with Crippen LogP contribution in [0.3, 0.4) is 0 Å². The summed E-state index contributed by atoms with van der Waals surface area (Å²) in [6.45, 7) is -0.0611. The van der Waals surface area contributed by atoms with Crippen molar-refractivity contribution in [2.45, 2.75) is 11.4 Å². The van der Waals surface area contributed by atoms with E-state index in [2.05, 4.69) is 0 Å². The number of rotatable bonds is 5. The largest absolute Gasteiger partial charge is 0.273 e. The van der Waals surface area contributed by atoms with Crippen LogP contribution in [0.25, 0.3) is 0 Å². The van der Waals surface area contributed by atoms with Gasteiger partial charge in [0.05, 0.1) is 9.82 Å². The Morgan fingerprint density at radius 3 is 2.24 bits per heavy atom. The van der Waals surface area contributed by atoms with E-state index in [9.17, 15) is 18.5 Å². The lowest BCUT2D eigenvalue weighted by Gasteiger charge is -2.17. The molecule has 0 bridgehead atoms. The summed E-state index contributed by atoms with van der Waals surface area (Å²) < 4.78 is 25.8. The van der Waals surface area contributed by atoms with Gasteiger partial charge in [-0.15, -0.1) is 0 Å². The average molecular weight is 306 g/mol. The molecule has 0 heterocycles. The molecule has 2 aromatic rings. The highest BCUT2D eigenvalue weighted by molar-refractivity contribution is 7.89. The predicted octanol–water partition coefficient (Wildman–Crippen LogP) is 2.42. The van der Waals surface area contributed by atoms with Gasteiger partial charge < -0.3 is 0 Å². The van der Waals surface area contributed by atoms with Crippen LogP contribution in [-0.4, -0.2) is 24.7 Å². The van der Waals surface area contributed by atoms with Crippen molar-refractivity contribution in [1.29, 1.82) is 0 Å². The van der Waals surface area contributed by atoms with Gasteiger partial charge >= 0.3 is 0 Å². The molecule has 0 atom stereocenters. The molecule has 7 heteroatoms. The molecular weight excluding hydrogens is 292 g/mol. The second-order valence-corrected chi connectivity index (χ2v) is 6.50. The van der Waals surface area contributed by atoms with Gasteiger partial charge in [-0.1, -0.05) is 36.4 Å². The van der Waals surface area contributed by atoms with Gasteiger partial charge in [-0.25, -0.2) is 8.42 Å². The maximum absolute atomic E-state index is 12.4. The third kappa shape index (κ3) is 3.26. The topological polar surface area (TPSA) is 80.5 Å². The molecule has 0 aliphatic heterocycles. The van der Waals surface area contributed by atoms with E-state index in [1.165, 1.54) is 25.2 Å². The molecule has 21 heavy (non-hydrogen) atoms.